The van der Waals surface area contributed by atoms with Gasteiger partial charge >= 0.3 is 0 Å². The lowest BCUT2D eigenvalue weighted by Gasteiger charge is -2.21. The molecule has 0 aliphatic rings. The van der Waals surface area contributed by atoms with Crippen molar-refractivity contribution in [3.05, 3.63) is 72.2 Å². The fraction of sp³-hybridized carbons (Fsp3) is 0.227. The number of aryl methyl sites for hydroxylation is 1. The summed E-state index contributed by atoms with van der Waals surface area (Å²) in [6.45, 7) is 4.15. The van der Waals surface area contributed by atoms with E-state index in [2.05, 4.69) is 29.4 Å². The molecule has 6 nitrogen and oxygen atoms in total. The zero-order chi connectivity index (χ0) is 19.7. The standard InChI is InChI=1S/C22H23N5O/c1-14(2)20(21-23-16-11-7-8-12-19(16)27(21)3)24-22(28)18-13-17(25-26-18)15-9-5-4-6-10-15/h4-14,20H,1-3H3,(H,24,28)(H,25,26)/t20-/m1/s1. The highest BCUT2D eigenvalue weighted by Gasteiger charge is 2.25. The van der Waals surface area contributed by atoms with Crippen molar-refractivity contribution in [1.29, 1.82) is 0 Å². The summed E-state index contributed by atoms with van der Waals surface area (Å²) in [5.74, 6) is 0.823. The number of imidazole rings is 1. The molecular weight excluding hydrogens is 350 g/mol. The van der Waals surface area contributed by atoms with E-state index in [1.807, 2.05) is 66.2 Å². The summed E-state index contributed by atoms with van der Waals surface area (Å²) in [5.41, 5.74) is 4.12. The zero-order valence-electron chi connectivity index (χ0n) is 16.2. The van der Waals surface area contributed by atoms with Crippen LogP contribution in [0, 0.1) is 5.92 Å². The van der Waals surface area contributed by atoms with E-state index in [1.54, 1.807) is 6.07 Å². The third-order valence-corrected chi connectivity index (χ3v) is 4.95. The molecule has 1 atom stereocenters. The molecule has 2 heterocycles. The van der Waals surface area contributed by atoms with Gasteiger partial charge in [-0.3, -0.25) is 9.89 Å². The van der Waals surface area contributed by atoms with E-state index in [9.17, 15) is 4.79 Å². The minimum atomic E-state index is -0.214. The molecule has 0 saturated carbocycles. The fourth-order valence-corrected chi connectivity index (χ4v) is 3.39. The number of para-hydroxylation sites is 2. The average Bonchev–Trinajstić information content (AvgIpc) is 3.32. The summed E-state index contributed by atoms with van der Waals surface area (Å²) >= 11 is 0. The third kappa shape index (κ3) is 3.29. The Morgan fingerprint density at radius 2 is 1.79 bits per heavy atom. The van der Waals surface area contributed by atoms with Crippen LogP contribution in [0.3, 0.4) is 0 Å². The number of carbonyl (C=O) groups excluding carboxylic acids is 1. The molecule has 6 heteroatoms. The highest BCUT2D eigenvalue weighted by Crippen LogP contribution is 2.25. The van der Waals surface area contributed by atoms with Crippen molar-refractivity contribution in [3.8, 4) is 11.3 Å². The first-order valence-electron chi connectivity index (χ1n) is 9.37. The van der Waals surface area contributed by atoms with Crippen LogP contribution >= 0.6 is 0 Å². The van der Waals surface area contributed by atoms with Gasteiger partial charge in [-0.1, -0.05) is 56.3 Å². The van der Waals surface area contributed by atoms with Gasteiger partial charge in [-0.15, -0.1) is 0 Å². The number of nitrogens with one attached hydrogen (secondary N) is 2. The molecule has 142 valence electrons. The van der Waals surface area contributed by atoms with E-state index in [-0.39, 0.29) is 17.9 Å². The second kappa shape index (κ2) is 7.31. The SMILES string of the molecule is CC(C)[C@@H](NC(=O)c1cc(-c2ccccc2)n[nH]1)c1nc2ccccc2n1C. The van der Waals surface area contributed by atoms with Crippen molar-refractivity contribution in [1.82, 2.24) is 25.1 Å². The highest BCUT2D eigenvalue weighted by molar-refractivity contribution is 5.93. The monoisotopic (exact) mass is 373 g/mol. The molecule has 28 heavy (non-hydrogen) atoms. The van der Waals surface area contributed by atoms with Crippen molar-refractivity contribution in [2.75, 3.05) is 0 Å². The van der Waals surface area contributed by atoms with Gasteiger partial charge in [-0.2, -0.15) is 5.10 Å². The summed E-state index contributed by atoms with van der Waals surface area (Å²) in [6, 6.07) is 19.3. The summed E-state index contributed by atoms with van der Waals surface area (Å²) < 4.78 is 2.04. The number of aromatic nitrogens is 4. The Morgan fingerprint density at radius 3 is 2.50 bits per heavy atom. The molecule has 2 aromatic heterocycles. The van der Waals surface area contributed by atoms with Crippen LogP contribution < -0.4 is 5.32 Å². The van der Waals surface area contributed by atoms with Crippen LogP contribution in [0.1, 0.15) is 36.2 Å². The van der Waals surface area contributed by atoms with E-state index in [1.165, 1.54) is 0 Å². The topological polar surface area (TPSA) is 75.6 Å². The number of carbonyl (C=O) groups is 1. The Bertz CT molecular complexity index is 1110. The Balaban J connectivity index is 1.61. The Hall–Kier alpha value is -3.41. The lowest BCUT2D eigenvalue weighted by Crippen LogP contribution is -2.33. The van der Waals surface area contributed by atoms with Crippen LogP contribution in [0.25, 0.3) is 22.3 Å². The second-order valence-electron chi connectivity index (χ2n) is 7.25. The molecule has 0 fully saturated rings. The number of rotatable bonds is 5. The van der Waals surface area contributed by atoms with Crippen LogP contribution in [-0.2, 0) is 7.05 Å². The minimum Gasteiger partial charge on any atom is -0.341 e. The van der Waals surface area contributed by atoms with Crippen molar-refractivity contribution in [3.63, 3.8) is 0 Å². The van der Waals surface area contributed by atoms with Crippen molar-refractivity contribution in [2.24, 2.45) is 13.0 Å². The largest absolute Gasteiger partial charge is 0.341 e. The number of H-pyrrole nitrogens is 1. The predicted octanol–water partition coefficient (Wildman–Crippen LogP) is 4.09. The number of hydrogen-bond donors (Lipinski definition) is 2. The first-order valence-corrected chi connectivity index (χ1v) is 9.37. The van der Waals surface area contributed by atoms with E-state index in [4.69, 9.17) is 4.98 Å². The first-order chi connectivity index (χ1) is 13.5. The van der Waals surface area contributed by atoms with E-state index in [0.29, 0.717) is 5.69 Å². The lowest BCUT2D eigenvalue weighted by molar-refractivity contribution is 0.0917. The maximum absolute atomic E-state index is 12.9. The number of hydrogen-bond acceptors (Lipinski definition) is 3. The summed E-state index contributed by atoms with van der Waals surface area (Å²) in [4.78, 5) is 17.6. The lowest BCUT2D eigenvalue weighted by atomic mass is 10.0. The molecule has 2 N–H and O–H groups in total. The van der Waals surface area contributed by atoms with Crippen LogP contribution in [0.4, 0.5) is 0 Å². The van der Waals surface area contributed by atoms with Crippen LogP contribution in [0.2, 0.25) is 0 Å². The third-order valence-electron chi connectivity index (χ3n) is 4.95. The summed E-state index contributed by atoms with van der Waals surface area (Å²) in [5, 5.41) is 10.3. The van der Waals surface area contributed by atoms with Gasteiger partial charge in [0.05, 0.1) is 22.8 Å². The number of fused-ring (bicyclic) bond motifs is 1. The van der Waals surface area contributed by atoms with Gasteiger partial charge in [0.25, 0.3) is 5.91 Å². The van der Waals surface area contributed by atoms with E-state index >= 15 is 0 Å². The van der Waals surface area contributed by atoms with Gasteiger partial charge in [0.2, 0.25) is 0 Å². The van der Waals surface area contributed by atoms with Crippen LogP contribution in [0.15, 0.2) is 60.7 Å². The molecule has 0 spiro atoms. The first kappa shape index (κ1) is 18.0. The highest BCUT2D eigenvalue weighted by atomic mass is 16.2. The van der Waals surface area contributed by atoms with Crippen LogP contribution in [-0.4, -0.2) is 25.7 Å². The van der Waals surface area contributed by atoms with Gasteiger partial charge < -0.3 is 9.88 Å². The molecule has 4 aromatic rings. The fourth-order valence-electron chi connectivity index (χ4n) is 3.39. The van der Waals surface area contributed by atoms with Gasteiger partial charge in [-0.05, 0) is 24.1 Å². The minimum absolute atomic E-state index is 0.177. The Labute approximate surface area is 163 Å². The maximum atomic E-state index is 12.9. The van der Waals surface area contributed by atoms with Crippen LogP contribution in [0.5, 0.6) is 0 Å². The Kier molecular flexibility index (Phi) is 4.69. The van der Waals surface area contributed by atoms with E-state index < -0.39 is 0 Å². The maximum Gasteiger partial charge on any atom is 0.269 e. The smallest absolute Gasteiger partial charge is 0.269 e. The molecular formula is C22H23N5O. The van der Waals surface area contributed by atoms with Gasteiger partial charge in [-0.25, -0.2) is 4.98 Å². The Morgan fingerprint density at radius 1 is 1.07 bits per heavy atom. The normalized spacial score (nSPS) is 12.4. The molecule has 0 radical (unpaired) electrons. The van der Waals surface area contributed by atoms with Gasteiger partial charge in [0, 0.05) is 12.6 Å². The van der Waals surface area contributed by atoms with Gasteiger partial charge in [0.15, 0.2) is 0 Å². The number of amides is 1. The second-order valence-corrected chi connectivity index (χ2v) is 7.25. The average molecular weight is 373 g/mol. The molecule has 0 aliphatic carbocycles. The predicted molar refractivity (Wildman–Crippen MR) is 110 cm³/mol. The number of nitrogens with zero attached hydrogens (tertiary/aromatic N) is 3. The number of benzene rings is 2. The van der Waals surface area contributed by atoms with E-state index in [0.717, 1.165) is 28.1 Å². The van der Waals surface area contributed by atoms with Crippen molar-refractivity contribution in [2.45, 2.75) is 19.9 Å². The summed E-state index contributed by atoms with van der Waals surface area (Å²) in [7, 11) is 1.98. The van der Waals surface area contributed by atoms with Crippen molar-refractivity contribution >= 4 is 16.9 Å². The molecule has 4 rings (SSSR count). The molecule has 0 aliphatic heterocycles. The molecule has 0 saturated heterocycles. The van der Waals surface area contributed by atoms with Crippen molar-refractivity contribution < 1.29 is 4.79 Å². The van der Waals surface area contributed by atoms with Gasteiger partial charge in [0.1, 0.15) is 11.5 Å². The molecule has 2 aromatic carbocycles. The molecule has 0 bridgehead atoms. The molecule has 0 unspecified atom stereocenters. The zero-order valence-corrected chi connectivity index (χ0v) is 16.2. The molecule has 1 amide bonds. The quantitative estimate of drug-likeness (QED) is 0.553. The summed E-state index contributed by atoms with van der Waals surface area (Å²) in [6.07, 6.45) is 0. The number of aromatic amines is 1.